The van der Waals surface area contributed by atoms with Crippen LogP contribution in [-0.4, -0.2) is 22.0 Å². The smallest absolute Gasteiger partial charge is 0.0756 e. The Morgan fingerprint density at radius 2 is 2.06 bits per heavy atom. The van der Waals surface area contributed by atoms with Crippen LogP contribution < -0.4 is 5.32 Å². The number of nitrogens with one attached hydrogen (secondary N) is 1. The van der Waals surface area contributed by atoms with E-state index < -0.39 is 0 Å². The summed E-state index contributed by atoms with van der Waals surface area (Å²) in [6, 6.07) is 6.87. The number of hydrogen-bond donors (Lipinski definition) is 1. The third kappa shape index (κ3) is 2.59. The van der Waals surface area contributed by atoms with E-state index in [9.17, 15) is 0 Å². The van der Waals surface area contributed by atoms with Gasteiger partial charge in [-0.15, -0.1) is 5.10 Å². The SMILES string of the molecule is CNC(Cc1ccc(C)c(C)c1)c1cnnn1C. The van der Waals surface area contributed by atoms with Crippen LogP contribution in [0.15, 0.2) is 24.4 Å². The van der Waals surface area contributed by atoms with Crippen molar-refractivity contribution in [2.75, 3.05) is 7.05 Å². The van der Waals surface area contributed by atoms with E-state index in [0.717, 1.165) is 12.1 Å². The molecule has 0 aliphatic carbocycles. The average molecular weight is 244 g/mol. The quantitative estimate of drug-likeness (QED) is 0.893. The van der Waals surface area contributed by atoms with Crippen LogP contribution in [0.4, 0.5) is 0 Å². The van der Waals surface area contributed by atoms with E-state index in [1.54, 1.807) is 0 Å². The molecule has 0 fully saturated rings. The molecule has 1 atom stereocenters. The lowest BCUT2D eigenvalue weighted by Gasteiger charge is -2.16. The summed E-state index contributed by atoms with van der Waals surface area (Å²) in [6.07, 6.45) is 2.76. The molecule has 2 rings (SSSR count). The summed E-state index contributed by atoms with van der Waals surface area (Å²) in [5.41, 5.74) is 5.11. The van der Waals surface area contributed by atoms with Crippen LogP contribution in [-0.2, 0) is 13.5 Å². The number of aryl methyl sites for hydroxylation is 3. The average Bonchev–Trinajstić information content (AvgIpc) is 2.77. The standard InChI is InChI=1S/C14H20N4/c1-10-5-6-12(7-11(10)2)8-13(15-3)14-9-16-17-18(14)4/h5-7,9,13,15H,8H2,1-4H3. The molecule has 0 amide bonds. The molecule has 96 valence electrons. The minimum Gasteiger partial charge on any atom is -0.311 e. The minimum absolute atomic E-state index is 0.243. The van der Waals surface area contributed by atoms with E-state index in [-0.39, 0.29) is 6.04 Å². The lowest BCUT2D eigenvalue weighted by molar-refractivity contribution is 0.534. The number of likely N-dealkylation sites (N-methyl/N-ethyl adjacent to an activating group) is 1. The molecule has 0 saturated carbocycles. The highest BCUT2D eigenvalue weighted by Crippen LogP contribution is 2.18. The van der Waals surface area contributed by atoms with E-state index >= 15 is 0 Å². The second kappa shape index (κ2) is 5.31. The Morgan fingerprint density at radius 1 is 1.28 bits per heavy atom. The van der Waals surface area contributed by atoms with Crippen LogP contribution in [0.2, 0.25) is 0 Å². The van der Waals surface area contributed by atoms with E-state index in [0.29, 0.717) is 0 Å². The van der Waals surface area contributed by atoms with E-state index in [4.69, 9.17) is 0 Å². The van der Waals surface area contributed by atoms with Crippen molar-refractivity contribution in [2.45, 2.75) is 26.3 Å². The molecule has 1 heterocycles. The zero-order valence-electron chi connectivity index (χ0n) is 11.4. The van der Waals surface area contributed by atoms with Gasteiger partial charge in [0.1, 0.15) is 0 Å². The Balaban J connectivity index is 2.20. The molecular weight excluding hydrogens is 224 g/mol. The molecule has 0 bridgehead atoms. The third-order valence-electron chi connectivity index (χ3n) is 3.47. The maximum absolute atomic E-state index is 3.99. The number of aromatic nitrogens is 3. The fraction of sp³-hybridized carbons (Fsp3) is 0.429. The molecule has 4 nitrogen and oxygen atoms in total. The Morgan fingerprint density at radius 3 is 2.61 bits per heavy atom. The number of benzene rings is 1. The van der Waals surface area contributed by atoms with Crippen molar-refractivity contribution in [3.8, 4) is 0 Å². The molecule has 1 unspecified atom stereocenters. The van der Waals surface area contributed by atoms with Crippen molar-refractivity contribution < 1.29 is 0 Å². The van der Waals surface area contributed by atoms with Gasteiger partial charge in [-0.1, -0.05) is 23.4 Å². The largest absolute Gasteiger partial charge is 0.311 e. The summed E-state index contributed by atoms with van der Waals surface area (Å²) >= 11 is 0. The van der Waals surface area contributed by atoms with Gasteiger partial charge in [-0.2, -0.15) is 0 Å². The maximum atomic E-state index is 3.99. The molecule has 2 aromatic rings. The first-order valence-corrected chi connectivity index (χ1v) is 6.19. The molecular formula is C14H20N4. The molecule has 1 aromatic heterocycles. The monoisotopic (exact) mass is 244 g/mol. The molecule has 4 heteroatoms. The van der Waals surface area contributed by atoms with Crippen molar-refractivity contribution in [1.29, 1.82) is 0 Å². The fourth-order valence-corrected chi connectivity index (χ4v) is 2.13. The van der Waals surface area contributed by atoms with Crippen LogP contribution in [0, 0.1) is 13.8 Å². The van der Waals surface area contributed by atoms with Gasteiger partial charge < -0.3 is 5.32 Å². The van der Waals surface area contributed by atoms with E-state index in [2.05, 4.69) is 47.7 Å². The molecule has 18 heavy (non-hydrogen) atoms. The number of nitrogens with zero attached hydrogens (tertiary/aromatic N) is 3. The van der Waals surface area contributed by atoms with Gasteiger partial charge in [-0.3, -0.25) is 4.68 Å². The highest BCUT2D eigenvalue weighted by Gasteiger charge is 2.14. The number of hydrogen-bond acceptors (Lipinski definition) is 3. The molecule has 1 N–H and O–H groups in total. The second-order valence-corrected chi connectivity index (χ2v) is 4.75. The Hall–Kier alpha value is -1.68. The first-order valence-electron chi connectivity index (χ1n) is 6.19. The third-order valence-corrected chi connectivity index (χ3v) is 3.47. The predicted octanol–water partition coefficient (Wildman–Crippen LogP) is 1.94. The van der Waals surface area contributed by atoms with Crippen LogP contribution in [0.25, 0.3) is 0 Å². The molecule has 0 radical (unpaired) electrons. The summed E-state index contributed by atoms with van der Waals surface area (Å²) in [6.45, 7) is 4.29. The van der Waals surface area contributed by atoms with Crippen LogP contribution in [0.3, 0.4) is 0 Å². The van der Waals surface area contributed by atoms with Crippen molar-refractivity contribution in [3.63, 3.8) is 0 Å². The van der Waals surface area contributed by atoms with Crippen LogP contribution >= 0.6 is 0 Å². The fourth-order valence-electron chi connectivity index (χ4n) is 2.13. The van der Waals surface area contributed by atoms with E-state index in [1.165, 1.54) is 16.7 Å². The lowest BCUT2D eigenvalue weighted by atomic mass is 9.99. The summed E-state index contributed by atoms with van der Waals surface area (Å²) in [7, 11) is 3.89. The highest BCUT2D eigenvalue weighted by molar-refractivity contribution is 5.30. The van der Waals surface area contributed by atoms with Gasteiger partial charge in [0.2, 0.25) is 0 Å². The zero-order chi connectivity index (χ0) is 13.1. The molecule has 1 aromatic carbocycles. The maximum Gasteiger partial charge on any atom is 0.0756 e. The number of rotatable bonds is 4. The summed E-state index contributed by atoms with van der Waals surface area (Å²) in [5, 5.41) is 11.2. The Kier molecular flexibility index (Phi) is 3.77. The summed E-state index contributed by atoms with van der Waals surface area (Å²) in [4.78, 5) is 0. The highest BCUT2D eigenvalue weighted by atomic mass is 15.4. The first-order chi connectivity index (χ1) is 8.61. The van der Waals surface area contributed by atoms with Gasteiger partial charge in [0.15, 0.2) is 0 Å². The van der Waals surface area contributed by atoms with Crippen LogP contribution in [0.1, 0.15) is 28.4 Å². The second-order valence-electron chi connectivity index (χ2n) is 4.75. The topological polar surface area (TPSA) is 42.7 Å². The summed E-state index contributed by atoms with van der Waals surface area (Å²) in [5.74, 6) is 0. The van der Waals surface area contributed by atoms with Gasteiger partial charge >= 0.3 is 0 Å². The minimum atomic E-state index is 0.243. The van der Waals surface area contributed by atoms with Gasteiger partial charge in [-0.25, -0.2) is 0 Å². The molecule has 0 saturated heterocycles. The lowest BCUT2D eigenvalue weighted by Crippen LogP contribution is -2.21. The van der Waals surface area contributed by atoms with Gasteiger partial charge in [-0.05, 0) is 44.0 Å². The van der Waals surface area contributed by atoms with E-state index in [1.807, 2.05) is 25.0 Å². The summed E-state index contributed by atoms with van der Waals surface area (Å²) < 4.78 is 1.82. The first kappa shape index (κ1) is 12.8. The van der Waals surface area contributed by atoms with Crippen molar-refractivity contribution in [1.82, 2.24) is 20.3 Å². The Labute approximate surface area is 108 Å². The Bertz CT molecular complexity index is 530. The van der Waals surface area contributed by atoms with Gasteiger partial charge in [0.25, 0.3) is 0 Å². The van der Waals surface area contributed by atoms with Crippen molar-refractivity contribution >= 4 is 0 Å². The molecule has 0 aliphatic rings. The van der Waals surface area contributed by atoms with Gasteiger partial charge in [0, 0.05) is 7.05 Å². The molecule has 0 aliphatic heterocycles. The molecule has 0 spiro atoms. The normalized spacial score (nSPS) is 12.7. The zero-order valence-corrected chi connectivity index (χ0v) is 11.4. The van der Waals surface area contributed by atoms with Gasteiger partial charge in [0.05, 0.1) is 17.9 Å². The van der Waals surface area contributed by atoms with Crippen molar-refractivity contribution in [2.24, 2.45) is 7.05 Å². The van der Waals surface area contributed by atoms with Crippen LogP contribution in [0.5, 0.6) is 0 Å². The van der Waals surface area contributed by atoms with Crippen molar-refractivity contribution in [3.05, 3.63) is 46.8 Å². The predicted molar refractivity (Wildman–Crippen MR) is 72.4 cm³/mol.